The van der Waals surface area contributed by atoms with E-state index < -0.39 is 0 Å². The third-order valence-corrected chi connectivity index (χ3v) is 6.16. The van der Waals surface area contributed by atoms with Crippen molar-refractivity contribution in [2.75, 3.05) is 32.0 Å². The smallest absolute Gasteiger partial charge is 0.291 e. The van der Waals surface area contributed by atoms with Crippen molar-refractivity contribution < 1.29 is 4.74 Å². The normalized spacial score (nSPS) is 26.5. The van der Waals surface area contributed by atoms with Crippen LogP contribution in [-0.4, -0.2) is 48.2 Å². The van der Waals surface area contributed by atoms with Gasteiger partial charge >= 0.3 is 0 Å². The van der Waals surface area contributed by atoms with E-state index in [0.29, 0.717) is 11.9 Å². The third kappa shape index (κ3) is 3.28. The molecule has 1 spiro atoms. The van der Waals surface area contributed by atoms with Crippen LogP contribution in [0, 0.1) is 5.92 Å². The maximum Gasteiger partial charge on any atom is 0.291 e. The summed E-state index contributed by atoms with van der Waals surface area (Å²) in [5, 5.41) is 4.10. The Balaban J connectivity index is 1.45. The molecule has 2 atom stereocenters. The summed E-state index contributed by atoms with van der Waals surface area (Å²) in [6.45, 7) is 5.06. The van der Waals surface area contributed by atoms with Crippen molar-refractivity contribution in [2.45, 2.75) is 25.4 Å². The number of anilines is 1. The summed E-state index contributed by atoms with van der Waals surface area (Å²) in [5.41, 5.74) is 1.00. The maximum atomic E-state index is 6.35. The average Bonchev–Trinajstić information content (AvgIpc) is 3.24. The first-order chi connectivity index (χ1) is 12.2. The molecule has 2 aliphatic rings. The van der Waals surface area contributed by atoms with Crippen LogP contribution in [0.2, 0.25) is 0 Å². The topological polar surface area (TPSA) is 49.8 Å². The molecule has 1 aromatic heterocycles. The van der Waals surface area contributed by atoms with E-state index in [4.69, 9.17) is 4.74 Å². The second-order valence-electron chi connectivity index (χ2n) is 6.94. The van der Waals surface area contributed by atoms with Gasteiger partial charge in [-0.05, 0) is 32.0 Å². The molecule has 0 bridgehead atoms. The number of hydrogen-bond acceptors (Lipinski definition) is 6. The number of piperidine rings is 1. The number of nitrogens with zero attached hydrogens (tertiary/aromatic N) is 3. The van der Waals surface area contributed by atoms with Gasteiger partial charge in [0.1, 0.15) is 5.60 Å². The second kappa shape index (κ2) is 6.77. The first-order valence-corrected chi connectivity index (χ1v) is 9.70. The zero-order valence-corrected chi connectivity index (χ0v) is 15.6. The lowest BCUT2D eigenvalue weighted by atomic mass is 9.79. The molecule has 0 aliphatic carbocycles. The minimum absolute atomic E-state index is 0.177. The fraction of sp³-hybridized carbons (Fsp3) is 0.474. The van der Waals surface area contributed by atoms with Crippen LogP contribution in [0.25, 0.3) is 10.4 Å². The van der Waals surface area contributed by atoms with E-state index in [2.05, 4.69) is 46.3 Å². The van der Waals surface area contributed by atoms with Crippen LogP contribution >= 0.6 is 11.3 Å². The van der Waals surface area contributed by atoms with Gasteiger partial charge in [-0.25, -0.2) is 9.98 Å². The Morgan fingerprint density at radius 3 is 3.00 bits per heavy atom. The molecule has 1 aromatic carbocycles. The predicted molar refractivity (Wildman–Crippen MR) is 103 cm³/mol. The van der Waals surface area contributed by atoms with Crippen LogP contribution < -0.4 is 5.32 Å². The highest BCUT2D eigenvalue weighted by molar-refractivity contribution is 7.19. The molecular formula is C19H24N4OS. The Hall–Kier alpha value is -1.92. The Morgan fingerprint density at radius 1 is 1.36 bits per heavy atom. The molecule has 0 radical (unpaired) electrons. The van der Waals surface area contributed by atoms with Gasteiger partial charge in [-0.3, -0.25) is 5.32 Å². The standard InChI is InChI=1S/C19H24N4OS/c1-3-15-9-10-23(2)13-19(15)12-21-17(24-19)22-18-20-11-16(25-18)14-7-5-4-6-8-14/h4-8,11,15H,3,9-10,12-13H2,1-2H3,(H,20,21,22). The number of likely N-dealkylation sites (N-methyl/N-ethyl adjacent to an activating group) is 1. The van der Waals surface area contributed by atoms with Crippen molar-refractivity contribution in [3.63, 3.8) is 0 Å². The summed E-state index contributed by atoms with van der Waals surface area (Å²) in [6.07, 6.45) is 4.20. The van der Waals surface area contributed by atoms with E-state index in [1.54, 1.807) is 11.3 Å². The van der Waals surface area contributed by atoms with Crippen LogP contribution in [0.4, 0.5) is 5.13 Å². The third-order valence-electron chi connectivity index (χ3n) is 5.20. The Labute approximate surface area is 152 Å². The monoisotopic (exact) mass is 356 g/mol. The minimum atomic E-state index is -0.177. The number of likely N-dealkylation sites (tertiary alicyclic amines) is 1. The molecule has 2 aliphatic heterocycles. The first kappa shape index (κ1) is 16.5. The van der Waals surface area contributed by atoms with Gasteiger partial charge in [0.25, 0.3) is 6.02 Å². The maximum absolute atomic E-state index is 6.35. The molecule has 25 heavy (non-hydrogen) atoms. The molecule has 6 heteroatoms. The quantitative estimate of drug-likeness (QED) is 0.911. The number of nitrogens with one attached hydrogen (secondary N) is 1. The van der Waals surface area contributed by atoms with E-state index in [-0.39, 0.29) is 5.60 Å². The van der Waals surface area contributed by atoms with Gasteiger partial charge in [-0.15, -0.1) is 0 Å². The minimum Gasteiger partial charge on any atom is -0.455 e. The first-order valence-electron chi connectivity index (χ1n) is 8.89. The summed E-state index contributed by atoms with van der Waals surface area (Å²) < 4.78 is 6.35. The summed E-state index contributed by atoms with van der Waals surface area (Å²) in [7, 11) is 2.16. The summed E-state index contributed by atoms with van der Waals surface area (Å²) >= 11 is 1.62. The number of amidine groups is 1. The highest BCUT2D eigenvalue weighted by Crippen LogP contribution is 2.37. The van der Waals surface area contributed by atoms with E-state index in [1.807, 2.05) is 24.4 Å². The van der Waals surface area contributed by atoms with Gasteiger partial charge < -0.3 is 9.64 Å². The molecule has 2 unspecified atom stereocenters. The molecule has 4 rings (SSSR count). The Kier molecular flexibility index (Phi) is 4.48. The van der Waals surface area contributed by atoms with Crippen LogP contribution in [0.5, 0.6) is 0 Å². The van der Waals surface area contributed by atoms with Crippen molar-refractivity contribution in [3.8, 4) is 10.4 Å². The van der Waals surface area contributed by atoms with Gasteiger partial charge in [0.15, 0.2) is 5.13 Å². The van der Waals surface area contributed by atoms with E-state index in [9.17, 15) is 0 Å². The van der Waals surface area contributed by atoms with Gasteiger partial charge in [-0.1, -0.05) is 48.6 Å². The number of aromatic nitrogens is 1. The zero-order valence-electron chi connectivity index (χ0n) is 14.7. The number of hydrogen-bond donors (Lipinski definition) is 1. The van der Waals surface area contributed by atoms with E-state index in [0.717, 1.165) is 36.1 Å². The Bertz CT molecular complexity index is 760. The lowest BCUT2D eigenvalue weighted by Gasteiger charge is -2.43. The molecule has 132 valence electrons. The van der Waals surface area contributed by atoms with Crippen molar-refractivity contribution in [2.24, 2.45) is 10.9 Å². The van der Waals surface area contributed by atoms with Crippen LogP contribution in [0.3, 0.4) is 0 Å². The number of ether oxygens (including phenoxy) is 1. The van der Waals surface area contributed by atoms with Gasteiger partial charge in [0.2, 0.25) is 0 Å². The second-order valence-corrected chi connectivity index (χ2v) is 7.97. The van der Waals surface area contributed by atoms with Crippen molar-refractivity contribution in [1.82, 2.24) is 9.88 Å². The van der Waals surface area contributed by atoms with Crippen LogP contribution in [-0.2, 0) is 4.74 Å². The van der Waals surface area contributed by atoms with E-state index in [1.165, 1.54) is 12.0 Å². The molecule has 3 heterocycles. The van der Waals surface area contributed by atoms with Crippen molar-refractivity contribution >= 4 is 22.5 Å². The molecule has 1 N–H and O–H groups in total. The van der Waals surface area contributed by atoms with Crippen molar-refractivity contribution in [3.05, 3.63) is 36.5 Å². The zero-order chi connectivity index (χ0) is 17.3. The number of benzene rings is 1. The predicted octanol–water partition coefficient (Wildman–Crippen LogP) is 3.71. The molecule has 2 aromatic rings. The lowest BCUT2D eigenvalue weighted by Crippen LogP contribution is -2.55. The van der Waals surface area contributed by atoms with Gasteiger partial charge in [0, 0.05) is 18.7 Å². The largest absolute Gasteiger partial charge is 0.455 e. The average molecular weight is 356 g/mol. The summed E-state index contributed by atoms with van der Waals surface area (Å²) in [6, 6.07) is 10.9. The number of aliphatic imine (C=N–C) groups is 1. The summed E-state index contributed by atoms with van der Waals surface area (Å²) in [4.78, 5) is 12.6. The summed E-state index contributed by atoms with van der Waals surface area (Å²) in [5.74, 6) is 0.558. The molecule has 1 fully saturated rings. The van der Waals surface area contributed by atoms with E-state index >= 15 is 0 Å². The van der Waals surface area contributed by atoms with Crippen LogP contribution in [0.15, 0.2) is 41.5 Å². The highest BCUT2D eigenvalue weighted by atomic mass is 32.1. The lowest BCUT2D eigenvalue weighted by molar-refractivity contribution is -0.0389. The molecule has 1 saturated heterocycles. The van der Waals surface area contributed by atoms with Crippen LogP contribution in [0.1, 0.15) is 19.8 Å². The van der Waals surface area contributed by atoms with Gasteiger partial charge in [0.05, 0.1) is 11.4 Å². The highest BCUT2D eigenvalue weighted by Gasteiger charge is 2.47. The number of rotatable bonds is 3. The molecule has 0 saturated carbocycles. The van der Waals surface area contributed by atoms with Crippen molar-refractivity contribution in [1.29, 1.82) is 0 Å². The fourth-order valence-corrected chi connectivity index (χ4v) is 4.67. The fourth-order valence-electron chi connectivity index (χ4n) is 3.86. The Morgan fingerprint density at radius 2 is 2.20 bits per heavy atom. The number of thiazole rings is 1. The molecular weight excluding hydrogens is 332 g/mol. The SMILES string of the molecule is CCC1CCN(C)CC12CN=C(Nc1ncc(-c3ccccc3)s1)O2. The molecule has 5 nitrogen and oxygen atoms in total. The molecule has 0 amide bonds. The van der Waals surface area contributed by atoms with Gasteiger partial charge in [-0.2, -0.15) is 0 Å².